The summed E-state index contributed by atoms with van der Waals surface area (Å²) in [5.74, 6) is 1.55. The van der Waals surface area contributed by atoms with Crippen molar-refractivity contribution < 1.29 is 27.5 Å². The molecule has 1 aliphatic heterocycles. The van der Waals surface area contributed by atoms with Gasteiger partial charge in [-0.1, -0.05) is 0 Å². The Kier molecular flexibility index (Phi) is 6.97. The number of alkyl halides is 3. The molecule has 0 spiro atoms. The van der Waals surface area contributed by atoms with E-state index in [1.165, 1.54) is 12.1 Å². The summed E-state index contributed by atoms with van der Waals surface area (Å²) < 4.78 is 43.3. The zero-order chi connectivity index (χ0) is 20.9. The van der Waals surface area contributed by atoms with Crippen LogP contribution in [0.2, 0.25) is 0 Å². The maximum atomic E-state index is 12.6. The molecule has 5 nitrogen and oxygen atoms in total. The van der Waals surface area contributed by atoms with Gasteiger partial charge in [0.1, 0.15) is 18.1 Å². The molecule has 0 aliphatic carbocycles. The average molecular weight is 410 g/mol. The number of aliphatic hydroxyl groups excluding tert-OH is 1. The van der Waals surface area contributed by atoms with E-state index < -0.39 is 11.7 Å². The molecule has 1 atom stereocenters. The van der Waals surface area contributed by atoms with Gasteiger partial charge >= 0.3 is 6.18 Å². The minimum absolute atomic E-state index is 0.114. The van der Waals surface area contributed by atoms with Gasteiger partial charge in [-0.2, -0.15) is 13.2 Å². The first kappa shape index (κ1) is 21.4. The fraction of sp³-hybridized carbons (Fsp3) is 0.476. The zero-order valence-electron chi connectivity index (χ0n) is 16.0. The second kappa shape index (κ2) is 9.45. The Labute approximate surface area is 167 Å². The Morgan fingerprint density at radius 3 is 2.55 bits per heavy atom. The first-order valence-corrected chi connectivity index (χ1v) is 9.71. The Bertz CT molecular complexity index is 802. The highest BCUT2D eigenvalue weighted by Crippen LogP contribution is 2.30. The van der Waals surface area contributed by atoms with Crippen LogP contribution in [0.25, 0.3) is 0 Å². The van der Waals surface area contributed by atoms with E-state index in [4.69, 9.17) is 9.52 Å². The van der Waals surface area contributed by atoms with Crippen LogP contribution in [0.15, 0.2) is 40.8 Å². The number of carbonyl (C=O) groups is 1. The summed E-state index contributed by atoms with van der Waals surface area (Å²) in [4.78, 5) is 14.4. The topological polar surface area (TPSA) is 65.7 Å². The molecule has 1 aromatic heterocycles. The van der Waals surface area contributed by atoms with E-state index in [2.05, 4.69) is 10.2 Å². The van der Waals surface area contributed by atoms with E-state index >= 15 is 0 Å². The summed E-state index contributed by atoms with van der Waals surface area (Å²) in [6, 6.07) is 8.10. The number of hydrogen-bond donors (Lipinski definition) is 2. The number of nitrogens with one attached hydrogen (secondary N) is 1. The third-order valence-electron chi connectivity index (χ3n) is 5.13. The molecule has 1 amide bonds. The predicted molar refractivity (Wildman–Crippen MR) is 102 cm³/mol. The Morgan fingerprint density at radius 2 is 1.90 bits per heavy atom. The molecule has 0 saturated carbocycles. The molecule has 3 rings (SSSR count). The van der Waals surface area contributed by atoms with E-state index in [0.29, 0.717) is 30.3 Å². The highest BCUT2D eigenvalue weighted by Gasteiger charge is 2.30. The number of anilines is 1. The molecule has 8 heteroatoms. The first-order valence-electron chi connectivity index (χ1n) is 9.71. The summed E-state index contributed by atoms with van der Waals surface area (Å²) in [7, 11) is 0. The number of hydrogen-bond acceptors (Lipinski definition) is 4. The number of amides is 1. The summed E-state index contributed by atoms with van der Waals surface area (Å²) >= 11 is 0. The lowest BCUT2D eigenvalue weighted by Crippen LogP contribution is -2.35. The molecule has 1 fully saturated rings. The van der Waals surface area contributed by atoms with Crippen LogP contribution in [0.5, 0.6) is 0 Å². The highest BCUT2D eigenvalue weighted by molar-refractivity contribution is 5.90. The molecule has 2 aromatic rings. The Balaban J connectivity index is 1.43. The van der Waals surface area contributed by atoms with Crippen LogP contribution in [-0.4, -0.2) is 29.0 Å². The van der Waals surface area contributed by atoms with Crippen LogP contribution in [0, 0.1) is 5.92 Å². The van der Waals surface area contributed by atoms with Crippen LogP contribution < -0.4 is 5.32 Å². The van der Waals surface area contributed by atoms with Crippen LogP contribution in [0.1, 0.15) is 42.8 Å². The van der Waals surface area contributed by atoms with E-state index in [1.54, 1.807) is 6.07 Å². The summed E-state index contributed by atoms with van der Waals surface area (Å²) in [6.45, 7) is 2.39. The molecule has 2 heterocycles. The molecule has 2 N–H and O–H groups in total. The third-order valence-corrected chi connectivity index (χ3v) is 5.13. The molecule has 1 unspecified atom stereocenters. The number of rotatable bonds is 7. The summed E-state index contributed by atoms with van der Waals surface area (Å²) in [6.07, 6.45) is -1.24. The number of benzene rings is 1. The minimum atomic E-state index is -4.38. The number of aliphatic hydroxyl groups is 1. The van der Waals surface area contributed by atoms with Gasteiger partial charge in [0, 0.05) is 18.7 Å². The van der Waals surface area contributed by atoms with Gasteiger partial charge < -0.3 is 14.8 Å². The Hall–Kier alpha value is -2.32. The van der Waals surface area contributed by atoms with Gasteiger partial charge in [-0.05, 0) is 68.1 Å². The van der Waals surface area contributed by atoms with Crippen molar-refractivity contribution in [3.63, 3.8) is 0 Å². The maximum Gasteiger partial charge on any atom is 0.416 e. The quantitative estimate of drug-likeness (QED) is 0.709. The van der Waals surface area contributed by atoms with Gasteiger partial charge in [0.25, 0.3) is 0 Å². The highest BCUT2D eigenvalue weighted by atomic mass is 19.4. The molecular weight excluding hydrogens is 385 g/mol. The van der Waals surface area contributed by atoms with Gasteiger partial charge in [0.05, 0.1) is 12.1 Å². The van der Waals surface area contributed by atoms with E-state index in [0.717, 1.165) is 50.2 Å². The number of carbonyl (C=O) groups excluding carboxylic acids is 1. The molecule has 1 saturated heterocycles. The Morgan fingerprint density at radius 1 is 1.17 bits per heavy atom. The van der Waals surface area contributed by atoms with Crippen molar-refractivity contribution in [2.75, 3.05) is 18.4 Å². The number of furan rings is 1. The fourth-order valence-electron chi connectivity index (χ4n) is 3.64. The SMILES string of the molecule is O=C(CCC1CCCN(Cc2ccc(CO)o2)C1)Nc1ccc(C(F)(F)F)cc1. The lowest BCUT2D eigenvalue weighted by atomic mass is 9.93. The van der Waals surface area contributed by atoms with Crippen LogP contribution >= 0.6 is 0 Å². The minimum Gasteiger partial charge on any atom is -0.462 e. The van der Waals surface area contributed by atoms with Crippen molar-refractivity contribution in [3.8, 4) is 0 Å². The van der Waals surface area contributed by atoms with Crippen molar-refractivity contribution >= 4 is 11.6 Å². The van der Waals surface area contributed by atoms with E-state index in [-0.39, 0.29) is 12.5 Å². The summed E-state index contributed by atoms with van der Waals surface area (Å²) in [5, 5.41) is 11.7. The summed E-state index contributed by atoms with van der Waals surface area (Å²) in [5.41, 5.74) is -0.369. The number of halogens is 3. The van der Waals surface area contributed by atoms with Crippen molar-refractivity contribution in [1.29, 1.82) is 0 Å². The van der Waals surface area contributed by atoms with Gasteiger partial charge in [-0.25, -0.2) is 0 Å². The second-order valence-corrected chi connectivity index (χ2v) is 7.43. The monoisotopic (exact) mass is 410 g/mol. The normalized spacial score (nSPS) is 18.0. The van der Waals surface area contributed by atoms with Gasteiger partial charge in [-0.15, -0.1) is 0 Å². The third kappa shape index (κ3) is 6.33. The van der Waals surface area contributed by atoms with Gasteiger partial charge in [-0.3, -0.25) is 9.69 Å². The van der Waals surface area contributed by atoms with Gasteiger partial charge in [0.15, 0.2) is 0 Å². The van der Waals surface area contributed by atoms with Crippen molar-refractivity contribution in [2.24, 2.45) is 5.92 Å². The molecule has 1 aliphatic rings. The molecule has 29 heavy (non-hydrogen) atoms. The lowest BCUT2D eigenvalue weighted by molar-refractivity contribution is -0.137. The molecule has 158 valence electrons. The van der Waals surface area contributed by atoms with E-state index in [9.17, 15) is 18.0 Å². The molecule has 0 radical (unpaired) electrons. The van der Waals surface area contributed by atoms with Crippen molar-refractivity contribution in [2.45, 2.75) is 45.0 Å². The molecule has 1 aromatic carbocycles. The second-order valence-electron chi connectivity index (χ2n) is 7.43. The largest absolute Gasteiger partial charge is 0.462 e. The van der Waals surface area contributed by atoms with Gasteiger partial charge in [0.2, 0.25) is 5.91 Å². The number of likely N-dealkylation sites (tertiary alicyclic amines) is 1. The van der Waals surface area contributed by atoms with Crippen molar-refractivity contribution in [1.82, 2.24) is 4.90 Å². The van der Waals surface area contributed by atoms with Crippen LogP contribution in [0.4, 0.5) is 18.9 Å². The molecular formula is C21H25F3N2O3. The van der Waals surface area contributed by atoms with E-state index in [1.807, 2.05) is 6.07 Å². The van der Waals surface area contributed by atoms with Crippen LogP contribution in [-0.2, 0) is 24.1 Å². The maximum absolute atomic E-state index is 12.6. The molecule has 0 bridgehead atoms. The number of nitrogens with zero attached hydrogens (tertiary/aromatic N) is 1. The fourth-order valence-corrected chi connectivity index (χ4v) is 3.64. The zero-order valence-corrected chi connectivity index (χ0v) is 16.0. The number of piperidine rings is 1. The predicted octanol–water partition coefficient (Wildman–Crippen LogP) is 4.42. The first-order chi connectivity index (χ1) is 13.8. The van der Waals surface area contributed by atoms with Crippen LogP contribution in [0.3, 0.4) is 0 Å². The standard InChI is InChI=1S/C21H25F3N2O3/c22-21(23,24)16-4-6-17(7-5-16)25-20(28)10-3-15-2-1-11-26(12-15)13-18-8-9-19(14-27)29-18/h4-9,15,27H,1-3,10-14H2,(H,25,28). The van der Waals surface area contributed by atoms with Crippen molar-refractivity contribution in [3.05, 3.63) is 53.5 Å². The lowest BCUT2D eigenvalue weighted by Gasteiger charge is -2.32. The smallest absolute Gasteiger partial charge is 0.416 e. The average Bonchev–Trinajstić information content (AvgIpc) is 3.14.